The third-order valence-electron chi connectivity index (χ3n) is 3.91. The van der Waals surface area contributed by atoms with Crippen LogP contribution in [0.15, 0.2) is 70.2 Å². The summed E-state index contributed by atoms with van der Waals surface area (Å²) in [7, 11) is -3.92. The van der Waals surface area contributed by atoms with Gasteiger partial charge in [-0.05, 0) is 48.9 Å². The number of carbonyl (C=O) groups excluding carboxylic acids is 2. The van der Waals surface area contributed by atoms with Crippen LogP contribution >= 0.6 is 0 Å². The van der Waals surface area contributed by atoms with Crippen LogP contribution in [-0.2, 0) is 19.4 Å². The topological polar surface area (TPSA) is 92.7 Å². The van der Waals surface area contributed by atoms with Gasteiger partial charge in [0.25, 0.3) is 5.91 Å². The molecule has 2 aromatic rings. The lowest BCUT2D eigenvalue weighted by Gasteiger charge is -2.13. The highest BCUT2D eigenvalue weighted by atomic mass is 32.2. The van der Waals surface area contributed by atoms with Crippen LogP contribution in [0.1, 0.15) is 12.0 Å². The minimum absolute atomic E-state index is 0.0432. The molecule has 0 unspecified atom stereocenters. The van der Waals surface area contributed by atoms with E-state index in [-0.39, 0.29) is 15.5 Å². The molecule has 1 N–H and O–H groups in total. The zero-order valence-corrected chi connectivity index (χ0v) is 15.1. The second-order valence-corrected chi connectivity index (χ2v) is 7.90. The molecule has 0 radical (unpaired) electrons. The van der Waals surface area contributed by atoms with Gasteiger partial charge in [-0.15, -0.1) is 0 Å². The zero-order valence-electron chi connectivity index (χ0n) is 14.3. The number of halogens is 1. The first-order chi connectivity index (χ1) is 12.8. The Balaban J connectivity index is 1.85. The highest BCUT2D eigenvalue weighted by Crippen LogP contribution is 2.21. The Morgan fingerprint density at radius 3 is 2.48 bits per heavy atom. The molecule has 138 valence electrons. The molecule has 2 aromatic carbocycles. The molecule has 3 rings (SSSR count). The molecule has 8 heteroatoms. The largest absolute Gasteiger partial charge is 0.322 e. The van der Waals surface area contributed by atoms with Crippen molar-refractivity contribution in [3.63, 3.8) is 0 Å². The normalized spacial score (nSPS) is 14.4. The van der Waals surface area contributed by atoms with E-state index in [4.69, 9.17) is 0 Å². The average Bonchev–Trinajstić information content (AvgIpc) is 2.63. The third kappa shape index (κ3) is 4.01. The standard InChI is InChI=1S/C19H15FN2O4S/c1-12-3-2-4-15(9-12)27(25,26)18-10-17(23)16(11-21-18)19(24)22-14-7-5-13(20)6-8-14/h2-9,11H,10H2,1H3,(H,22,24). The summed E-state index contributed by atoms with van der Waals surface area (Å²) >= 11 is 0. The molecule has 0 spiro atoms. The van der Waals surface area contributed by atoms with Gasteiger partial charge in [0.2, 0.25) is 9.84 Å². The van der Waals surface area contributed by atoms with E-state index >= 15 is 0 Å². The summed E-state index contributed by atoms with van der Waals surface area (Å²) in [6.45, 7) is 1.75. The van der Waals surface area contributed by atoms with Crippen molar-refractivity contribution in [2.24, 2.45) is 4.99 Å². The molecular weight excluding hydrogens is 371 g/mol. The van der Waals surface area contributed by atoms with Crippen molar-refractivity contribution in [1.82, 2.24) is 0 Å². The molecule has 6 nitrogen and oxygen atoms in total. The second kappa shape index (κ2) is 7.24. The van der Waals surface area contributed by atoms with E-state index in [0.29, 0.717) is 5.69 Å². The van der Waals surface area contributed by atoms with Gasteiger partial charge in [-0.2, -0.15) is 0 Å². The highest BCUT2D eigenvalue weighted by molar-refractivity contribution is 8.06. The lowest BCUT2D eigenvalue weighted by Crippen LogP contribution is -2.28. The first-order valence-corrected chi connectivity index (χ1v) is 9.44. The van der Waals surface area contributed by atoms with E-state index in [1.54, 1.807) is 19.1 Å². The number of Topliss-reactive ketones (excluding diaryl/α,β-unsaturated/α-hetero) is 1. The number of anilines is 1. The maximum atomic E-state index is 12.9. The summed E-state index contributed by atoms with van der Waals surface area (Å²) in [6, 6.07) is 11.3. The summed E-state index contributed by atoms with van der Waals surface area (Å²) in [5.41, 5.74) is 0.800. The number of ketones is 1. The van der Waals surface area contributed by atoms with Gasteiger partial charge in [0.15, 0.2) is 5.78 Å². The fourth-order valence-electron chi connectivity index (χ4n) is 2.49. The molecular formula is C19H15FN2O4S. The molecule has 27 heavy (non-hydrogen) atoms. The Morgan fingerprint density at radius 1 is 1.15 bits per heavy atom. The molecule has 0 aliphatic carbocycles. The SMILES string of the molecule is Cc1cccc(S(=O)(=O)C2=NC=C(C(=O)Nc3ccc(F)cc3)C(=O)C2)c1. The molecule has 0 fully saturated rings. The second-order valence-electron chi connectivity index (χ2n) is 5.95. The molecule has 1 amide bonds. The number of benzene rings is 2. The van der Waals surface area contributed by atoms with Crippen molar-refractivity contribution in [1.29, 1.82) is 0 Å². The lowest BCUT2D eigenvalue weighted by molar-refractivity contribution is -0.119. The Morgan fingerprint density at radius 2 is 1.85 bits per heavy atom. The van der Waals surface area contributed by atoms with Crippen molar-refractivity contribution in [3.8, 4) is 0 Å². The molecule has 0 saturated heterocycles. The molecule has 1 aliphatic heterocycles. The number of rotatable bonds is 3. The highest BCUT2D eigenvalue weighted by Gasteiger charge is 2.31. The molecule has 1 aliphatic rings. The van der Waals surface area contributed by atoms with Crippen LogP contribution in [0.3, 0.4) is 0 Å². The van der Waals surface area contributed by atoms with Gasteiger partial charge in [-0.1, -0.05) is 12.1 Å². The number of nitrogens with one attached hydrogen (secondary N) is 1. The Kier molecular flexibility index (Phi) is 5.00. The van der Waals surface area contributed by atoms with E-state index in [2.05, 4.69) is 10.3 Å². The van der Waals surface area contributed by atoms with Crippen molar-refractivity contribution < 1.29 is 22.4 Å². The van der Waals surface area contributed by atoms with Crippen LogP contribution < -0.4 is 5.32 Å². The summed E-state index contributed by atoms with van der Waals surface area (Å²) in [6.07, 6.45) is 0.451. The first kappa shape index (κ1) is 18.7. The zero-order chi connectivity index (χ0) is 19.6. The van der Waals surface area contributed by atoms with Crippen LogP contribution in [0, 0.1) is 12.7 Å². The molecule has 0 saturated carbocycles. The van der Waals surface area contributed by atoms with Crippen LogP contribution in [0.5, 0.6) is 0 Å². The third-order valence-corrected chi connectivity index (χ3v) is 5.65. The minimum Gasteiger partial charge on any atom is -0.322 e. The van der Waals surface area contributed by atoms with Crippen molar-refractivity contribution in [2.45, 2.75) is 18.2 Å². The number of sulfone groups is 1. The average molecular weight is 386 g/mol. The molecule has 0 bridgehead atoms. The predicted molar refractivity (Wildman–Crippen MR) is 98.5 cm³/mol. The maximum absolute atomic E-state index is 12.9. The van der Waals surface area contributed by atoms with E-state index in [9.17, 15) is 22.4 Å². The van der Waals surface area contributed by atoms with Gasteiger partial charge >= 0.3 is 0 Å². The minimum atomic E-state index is -3.92. The van der Waals surface area contributed by atoms with Gasteiger partial charge in [0.05, 0.1) is 11.3 Å². The van der Waals surface area contributed by atoms with Crippen LogP contribution in [0.25, 0.3) is 0 Å². The van der Waals surface area contributed by atoms with Crippen molar-refractivity contribution in [2.75, 3.05) is 5.32 Å². The molecule has 0 atom stereocenters. The number of hydrogen-bond donors (Lipinski definition) is 1. The van der Waals surface area contributed by atoms with Crippen molar-refractivity contribution >= 4 is 32.3 Å². The van der Waals surface area contributed by atoms with Crippen LogP contribution in [0.2, 0.25) is 0 Å². The lowest BCUT2D eigenvalue weighted by atomic mass is 10.1. The van der Waals surface area contributed by atoms with Gasteiger partial charge in [-0.25, -0.2) is 17.8 Å². The number of hydrogen-bond acceptors (Lipinski definition) is 5. The molecule has 1 heterocycles. The monoisotopic (exact) mass is 386 g/mol. The van der Waals surface area contributed by atoms with Crippen LogP contribution in [-0.4, -0.2) is 25.2 Å². The van der Waals surface area contributed by atoms with Gasteiger partial charge in [-0.3, -0.25) is 9.59 Å². The Hall–Kier alpha value is -3.13. The molecule has 0 aromatic heterocycles. The quantitative estimate of drug-likeness (QED) is 0.821. The van der Waals surface area contributed by atoms with Gasteiger partial charge < -0.3 is 5.32 Å². The number of nitrogens with zero attached hydrogens (tertiary/aromatic N) is 1. The summed E-state index contributed by atoms with van der Waals surface area (Å²) in [5, 5.41) is 2.14. The van der Waals surface area contributed by atoms with E-state index in [1.807, 2.05) is 0 Å². The van der Waals surface area contributed by atoms with Crippen molar-refractivity contribution in [3.05, 3.63) is 71.7 Å². The van der Waals surface area contributed by atoms with Gasteiger partial charge in [0.1, 0.15) is 16.4 Å². The van der Waals surface area contributed by atoms with E-state index < -0.39 is 33.8 Å². The number of amides is 1. The summed E-state index contributed by atoms with van der Waals surface area (Å²) in [4.78, 5) is 28.4. The summed E-state index contributed by atoms with van der Waals surface area (Å²) < 4.78 is 38.2. The first-order valence-electron chi connectivity index (χ1n) is 7.96. The predicted octanol–water partition coefficient (Wildman–Crippen LogP) is 2.80. The fourth-order valence-corrected chi connectivity index (χ4v) is 3.87. The smallest absolute Gasteiger partial charge is 0.260 e. The Labute approximate surface area is 155 Å². The number of carbonyl (C=O) groups is 2. The van der Waals surface area contributed by atoms with Gasteiger partial charge in [0, 0.05) is 11.9 Å². The van der Waals surface area contributed by atoms with E-state index in [0.717, 1.165) is 23.9 Å². The van der Waals surface area contributed by atoms with Crippen LogP contribution in [0.4, 0.5) is 10.1 Å². The number of aliphatic imine (C=N–C) groups is 1. The summed E-state index contributed by atoms with van der Waals surface area (Å²) in [5.74, 6) is -1.85. The fraction of sp³-hybridized carbons (Fsp3) is 0.105. The Bertz CT molecular complexity index is 1090. The number of aryl methyl sites for hydroxylation is 1. The van der Waals surface area contributed by atoms with E-state index in [1.165, 1.54) is 24.3 Å². The maximum Gasteiger partial charge on any atom is 0.260 e.